The third kappa shape index (κ3) is 6.91. The van der Waals surface area contributed by atoms with Crippen LogP contribution in [0.1, 0.15) is 59.3 Å². The second kappa shape index (κ2) is 12.7. The van der Waals surface area contributed by atoms with Crippen molar-refractivity contribution < 1.29 is 28.6 Å². The smallest absolute Gasteiger partial charge is 0.270 e. The highest BCUT2D eigenvalue weighted by molar-refractivity contribution is 6.03. The molecule has 2 fully saturated rings. The Balaban J connectivity index is 1.41. The molecule has 3 amide bonds. The summed E-state index contributed by atoms with van der Waals surface area (Å²) < 4.78 is 16.8. The molecule has 3 aliphatic rings. The molecule has 1 saturated heterocycles. The largest absolute Gasteiger partial charge is 0.476 e. The molecule has 39 heavy (non-hydrogen) atoms. The minimum Gasteiger partial charge on any atom is -0.476 e. The third-order valence-corrected chi connectivity index (χ3v) is 8.00. The fraction of sp³-hybridized carbons (Fsp3) is 0.690. The van der Waals surface area contributed by atoms with Crippen molar-refractivity contribution in [3.63, 3.8) is 0 Å². The Morgan fingerprint density at radius 1 is 1.15 bits per heavy atom. The number of piperidine rings is 1. The molecule has 10 heteroatoms. The number of anilines is 2. The van der Waals surface area contributed by atoms with Crippen LogP contribution in [0.3, 0.4) is 0 Å². The lowest BCUT2D eigenvalue weighted by molar-refractivity contribution is -0.132. The maximum absolute atomic E-state index is 13.3. The van der Waals surface area contributed by atoms with Crippen LogP contribution in [0.25, 0.3) is 0 Å². The first-order chi connectivity index (χ1) is 18.7. The first kappa shape index (κ1) is 29.3. The van der Waals surface area contributed by atoms with E-state index in [0.717, 1.165) is 25.7 Å². The summed E-state index contributed by atoms with van der Waals surface area (Å²) >= 11 is 0. The number of fused-ring (bicyclic) bond motifs is 1. The van der Waals surface area contributed by atoms with E-state index >= 15 is 0 Å². The van der Waals surface area contributed by atoms with E-state index in [-0.39, 0.29) is 35.1 Å². The molecular weight excluding hydrogens is 500 g/mol. The molecule has 2 aliphatic heterocycles. The molecule has 0 radical (unpaired) electrons. The zero-order chi connectivity index (χ0) is 28.0. The predicted molar refractivity (Wildman–Crippen MR) is 149 cm³/mol. The van der Waals surface area contributed by atoms with E-state index in [1.807, 2.05) is 6.92 Å². The van der Waals surface area contributed by atoms with Crippen LogP contribution >= 0.6 is 0 Å². The molecular formula is C29H44N4O6. The van der Waals surface area contributed by atoms with Gasteiger partial charge >= 0.3 is 0 Å². The maximum atomic E-state index is 13.3. The summed E-state index contributed by atoms with van der Waals surface area (Å²) in [5.74, 6) is -0.351. The molecule has 0 bridgehead atoms. The summed E-state index contributed by atoms with van der Waals surface area (Å²) in [4.78, 5) is 41.3. The van der Waals surface area contributed by atoms with Crippen molar-refractivity contribution in [1.82, 2.24) is 10.6 Å². The van der Waals surface area contributed by atoms with Gasteiger partial charge in [-0.05, 0) is 64.7 Å². The van der Waals surface area contributed by atoms with Crippen LogP contribution in [0.5, 0.6) is 5.75 Å². The number of rotatable bonds is 11. The first-order valence-corrected chi connectivity index (χ1v) is 14.2. The van der Waals surface area contributed by atoms with Gasteiger partial charge in [0.15, 0.2) is 5.60 Å². The molecule has 1 aromatic carbocycles. The summed E-state index contributed by atoms with van der Waals surface area (Å²) in [6, 6.07) is 5.36. The minimum atomic E-state index is -0.978. The standard InChI is InChI=1S/C29H44N4O6/c1-5-38-19-29(11-6-7-12-29)32-26(35)21-15-20(17-30-18-21)25(34)31-22-9-10-24-23(16-22)33(13-8-14-37-4)27(36)28(2,3)39-24/h9-10,16,20-21,30H,5-8,11-15,17-19H2,1-4H3,(H,31,34)(H,32,35)/t20-,21+/m1/s1. The summed E-state index contributed by atoms with van der Waals surface area (Å²) in [6.45, 7) is 8.70. The van der Waals surface area contributed by atoms with Gasteiger partial charge in [0.2, 0.25) is 11.8 Å². The molecule has 216 valence electrons. The van der Waals surface area contributed by atoms with Gasteiger partial charge in [0.1, 0.15) is 5.75 Å². The maximum Gasteiger partial charge on any atom is 0.270 e. The average molecular weight is 545 g/mol. The molecule has 0 aromatic heterocycles. The first-order valence-electron chi connectivity index (χ1n) is 14.2. The number of carbonyl (C=O) groups excluding carboxylic acids is 3. The van der Waals surface area contributed by atoms with Crippen LogP contribution in [0.4, 0.5) is 11.4 Å². The number of carbonyl (C=O) groups is 3. The monoisotopic (exact) mass is 544 g/mol. The molecule has 0 unspecified atom stereocenters. The highest BCUT2D eigenvalue weighted by Gasteiger charge is 2.41. The molecule has 2 atom stereocenters. The van der Waals surface area contributed by atoms with Crippen molar-refractivity contribution in [2.24, 2.45) is 11.8 Å². The Morgan fingerprint density at radius 2 is 1.87 bits per heavy atom. The van der Waals surface area contributed by atoms with Crippen molar-refractivity contribution in [2.45, 2.75) is 70.4 Å². The summed E-state index contributed by atoms with van der Waals surface area (Å²) in [6.07, 6.45) is 5.16. The van der Waals surface area contributed by atoms with Gasteiger partial charge in [-0.25, -0.2) is 0 Å². The lowest BCUT2D eigenvalue weighted by Crippen LogP contribution is -2.55. The van der Waals surface area contributed by atoms with Crippen molar-refractivity contribution in [1.29, 1.82) is 0 Å². The van der Waals surface area contributed by atoms with Gasteiger partial charge < -0.3 is 35.1 Å². The molecule has 10 nitrogen and oxygen atoms in total. The van der Waals surface area contributed by atoms with E-state index < -0.39 is 5.60 Å². The van der Waals surface area contributed by atoms with Crippen LogP contribution in [0.2, 0.25) is 0 Å². The van der Waals surface area contributed by atoms with E-state index in [2.05, 4.69) is 16.0 Å². The minimum absolute atomic E-state index is 0.0136. The number of hydrogen-bond donors (Lipinski definition) is 3. The SMILES string of the molecule is CCOCC1(NC(=O)[C@@H]2CNC[C@H](C(=O)Nc3ccc4c(c3)N(CCCOC)C(=O)C(C)(C)O4)C2)CCCC1. The van der Waals surface area contributed by atoms with E-state index in [4.69, 9.17) is 14.2 Å². The molecule has 0 spiro atoms. The van der Waals surface area contributed by atoms with Crippen LogP contribution in [-0.4, -0.2) is 75.4 Å². The van der Waals surface area contributed by atoms with E-state index in [1.165, 1.54) is 0 Å². The van der Waals surface area contributed by atoms with Crippen molar-refractivity contribution in [2.75, 3.05) is 56.8 Å². The van der Waals surface area contributed by atoms with E-state index in [0.29, 0.717) is 69.4 Å². The van der Waals surface area contributed by atoms with Gasteiger partial charge in [-0.3, -0.25) is 14.4 Å². The Hall–Kier alpha value is -2.69. The highest BCUT2D eigenvalue weighted by atomic mass is 16.5. The molecule has 1 saturated carbocycles. The van der Waals surface area contributed by atoms with Crippen LogP contribution in [-0.2, 0) is 23.9 Å². The molecule has 2 heterocycles. The molecule has 1 aromatic rings. The van der Waals surface area contributed by atoms with Gasteiger partial charge in [0.25, 0.3) is 5.91 Å². The second-order valence-corrected chi connectivity index (χ2v) is 11.5. The zero-order valence-corrected chi connectivity index (χ0v) is 23.8. The predicted octanol–water partition coefficient (Wildman–Crippen LogP) is 2.86. The van der Waals surface area contributed by atoms with Crippen LogP contribution in [0.15, 0.2) is 18.2 Å². The quantitative estimate of drug-likeness (QED) is 0.367. The van der Waals surface area contributed by atoms with Crippen molar-refractivity contribution in [3.05, 3.63) is 18.2 Å². The third-order valence-electron chi connectivity index (χ3n) is 8.00. The zero-order valence-electron chi connectivity index (χ0n) is 23.8. The number of nitrogens with one attached hydrogen (secondary N) is 3. The number of amides is 3. The average Bonchev–Trinajstić information content (AvgIpc) is 3.38. The Bertz CT molecular complexity index is 1040. The summed E-state index contributed by atoms with van der Waals surface area (Å²) in [5.41, 5.74) is -0.0639. The number of hydrogen-bond acceptors (Lipinski definition) is 7. The highest BCUT2D eigenvalue weighted by Crippen LogP contribution is 2.40. The normalized spacial score (nSPS) is 23.6. The Morgan fingerprint density at radius 3 is 2.56 bits per heavy atom. The van der Waals surface area contributed by atoms with Gasteiger partial charge in [-0.15, -0.1) is 0 Å². The van der Waals surface area contributed by atoms with Gasteiger partial charge in [-0.2, -0.15) is 0 Å². The number of nitrogens with zero attached hydrogens (tertiary/aromatic N) is 1. The van der Waals surface area contributed by atoms with Crippen molar-refractivity contribution >= 4 is 29.1 Å². The number of methoxy groups -OCH3 is 1. The van der Waals surface area contributed by atoms with Gasteiger partial charge in [0.05, 0.1) is 29.7 Å². The second-order valence-electron chi connectivity index (χ2n) is 11.5. The Kier molecular flexibility index (Phi) is 9.51. The molecule has 4 rings (SSSR count). The summed E-state index contributed by atoms with van der Waals surface area (Å²) in [7, 11) is 1.63. The molecule has 1 aliphatic carbocycles. The van der Waals surface area contributed by atoms with E-state index in [9.17, 15) is 14.4 Å². The lowest BCUT2D eigenvalue weighted by Gasteiger charge is -2.39. The van der Waals surface area contributed by atoms with Crippen LogP contribution in [0, 0.1) is 11.8 Å². The fourth-order valence-electron chi connectivity index (χ4n) is 5.84. The van der Waals surface area contributed by atoms with Crippen LogP contribution < -0.4 is 25.6 Å². The Labute approximate surface area is 231 Å². The summed E-state index contributed by atoms with van der Waals surface area (Å²) in [5, 5.41) is 9.56. The fourth-order valence-corrected chi connectivity index (χ4v) is 5.84. The number of ether oxygens (including phenoxy) is 3. The van der Waals surface area contributed by atoms with Crippen molar-refractivity contribution in [3.8, 4) is 5.75 Å². The van der Waals surface area contributed by atoms with Gasteiger partial charge in [0, 0.05) is 45.6 Å². The van der Waals surface area contributed by atoms with Gasteiger partial charge in [-0.1, -0.05) is 12.8 Å². The van der Waals surface area contributed by atoms with E-state index in [1.54, 1.807) is 44.1 Å². The lowest BCUT2D eigenvalue weighted by atomic mass is 9.88. The molecule has 3 N–H and O–H groups in total. The number of benzene rings is 1. The topological polar surface area (TPSA) is 118 Å².